The lowest BCUT2D eigenvalue weighted by atomic mass is 9.91. The predicted octanol–water partition coefficient (Wildman–Crippen LogP) is 2.14. The zero-order valence-electron chi connectivity index (χ0n) is 11.4. The lowest BCUT2D eigenvalue weighted by Crippen LogP contribution is -2.55. The van der Waals surface area contributed by atoms with Crippen LogP contribution in [0.3, 0.4) is 0 Å². The minimum atomic E-state index is -0.601. The SMILES string of the molecule is O=C(COc1ccc(Cl)cc1Br)NC1(CO)CCOCC1. The smallest absolute Gasteiger partial charge is 0.258 e. The van der Waals surface area contributed by atoms with Crippen LogP contribution < -0.4 is 10.1 Å². The number of benzene rings is 1. The molecule has 1 fully saturated rings. The topological polar surface area (TPSA) is 67.8 Å². The number of rotatable bonds is 5. The van der Waals surface area contributed by atoms with Gasteiger partial charge in [-0.05, 0) is 47.0 Å². The highest BCUT2D eigenvalue weighted by Gasteiger charge is 2.33. The Morgan fingerprint density at radius 1 is 1.48 bits per heavy atom. The van der Waals surface area contributed by atoms with Crippen LogP contribution in [0.4, 0.5) is 0 Å². The molecule has 0 spiro atoms. The molecule has 1 aromatic rings. The Kier molecular flexibility index (Phi) is 5.87. The molecule has 1 aliphatic heterocycles. The van der Waals surface area contributed by atoms with Crippen molar-refractivity contribution in [1.82, 2.24) is 5.32 Å². The van der Waals surface area contributed by atoms with Gasteiger partial charge in [0.1, 0.15) is 5.75 Å². The summed E-state index contributed by atoms with van der Waals surface area (Å²) in [5, 5.41) is 12.9. The van der Waals surface area contributed by atoms with Gasteiger partial charge in [0.05, 0.1) is 16.6 Å². The van der Waals surface area contributed by atoms with Crippen LogP contribution in [-0.2, 0) is 9.53 Å². The maximum Gasteiger partial charge on any atom is 0.258 e. The highest BCUT2D eigenvalue weighted by molar-refractivity contribution is 9.10. The summed E-state index contributed by atoms with van der Waals surface area (Å²) in [6.45, 7) is 0.838. The number of ether oxygens (including phenoxy) is 2. The molecule has 1 saturated heterocycles. The molecule has 1 amide bonds. The molecule has 21 heavy (non-hydrogen) atoms. The maximum absolute atomic E-state index is 12.0. The van der Waals surface area contributed by atoms with Gasteiger partial charge in [0, 0.05) is 18.2 Å². The van der Waals surface area contributed by atoms with Gasteiger partial charge in [-0.2, -0.15) is 0 Å². The third kappa shape index (κ3) is 4.57. The fourth-order valence-electron chi connectivity index (χ4n) is 2.15. The largest absolute Gasteiger partial charge is 0.483 e. The fraction of sp³-hybridized carbons (Fsp3) is 0.500. The second kappa shape index (κ2) is 7.45. The molecule has 2 N–H and O–H groups in total. The van der Waals surface area contributed by atoms with E-state index in [0.29, 0.717) is 41.3 Å². The summed E-state index contributed by atoms with van der Waals surface area (Å²) < 4.78 is 11.4. The number of carbonyl (C=O) groups excluding carboxylic acids is 1. The average molecular weight is 379 g/mol. The van der Waals surface area contributed by atoms with E-state index in [4.69, 9.17) is 21.1 Å². The highest BCUT2D eigenvalue weighted by Crippen LogP contribution is 2.28. The van der Waals surface area contributed by atoms with Crippen molar-refractivity contribution in [1.29, 1.82) is 0 Å². The number of aliphatic hydroxyl groups excluding tert-OH is 1. The van der Waals surface area contributed by atoms with Gasteiger partial charge < -0.3 is 19.9 Å². The first kappa shape index (κ1) is 16.5. The van der Waals surface area contributed by atoms with Crippen molar-refractivity contribution in [3.8, 4) is 5.75 Å². The van der Waals surface area contributed by atoms with Crippen molar-refractivity contribution in [2.75, 3.05) is 26.4 Å². The molecule has 2 rings (SSSR count). The third-order valence-corrected chi connectivity index (χ3v) is 4.26. The van der Waals surface area contributed by atoms with Gasteiger partial charge in [-0.15, -0.1) is 0 Å². The maximum atomic E-state index is 12.0. The van der Waals surface area contributed by atoms with Crippen molar-refractivity contribution >= 4 is 33.4 Å². The molecule has 1 aliphatic rings. The standard InChI is InChI=1S/C14H17BrClNO4/c15-11-7-10(16)1-2-12(11)21-8-13(19)17-14(9-18)3-5-20-6-4-14/h1-2,7,18H,3-6,8-9H2,(H,17,19). The number of amides is 1. The van der Waals surface area contributed by atoms with E-state index in [1.807, 2.05) is 0 Å². The second-order valence-corrected chi connectivity index (χ2v) is 6.25. The Morgan fingerprint density at radius 3 is 2.81 bits per heavy atom. The molecule has 0 aromatic heterocycles. The summed E-state index contributed by atoms with van der Waals surface area (Å²) >= 11 is 9.16. The molecule has 1 heterocycles. The Balaban J connectivity index is 1.89. The van der Waals surface area contributed by atoms with Crippen molar-refractivity contribution in [2.45, 2.75) is 18.4 Å². The van der Waals surface area contributed by atoms with Gasteiger partial charge in [0.2, 0.25) is 0 Å². The fourth-order valence-corrected chi connectivity index (χ4v) is 2.95. The van der Waals surface area contributed by atoms with Crippen molar-refractivity contribution in [2.24, 2.45) is 0 Å². The van der Waals surface area contributed by atoms with E-state index in [2.05, 4.69) is 21.2 Å². The molecule has 0 aliphatic carbocycles. The van der Waals surface area contributed by atoms with Crippen molar-refractivity contribution < 1.29 is 19.4 Å². The van der Waals surface area contributed by atoms with E-state index in [1.165, 1.54) is 0 Å². The molecule has 5 nitrogen and oxygen atoms in total. The van der Waals surface area contributed by atoms with Gasteiger partial charge in [0.15, 0.2) is 6.61 Å². The Labute approximate surface area is 136 Å². The first-order valence-corrected chi connectivity index (χ1v) is 7.79. The molecular weight excluding hydrogens is 362 g/mol. The lowest BCUT2D eigenvalue weighted by Gasteiger charge is -2.36. The van der Waals surface area contributed by atoms with Crippen molar-refractivity contribution in [3.63, 3.8) is 0 Å². The number of hydrogen-bond donors (Lipinski definition) is 2. The Morgan fingerprint density at radius 2 is 2.19 bits per heavy atom. The van der Waals surface area contributed by atoms with Crippen LogP contribution in [0, 0.1) is 0 Å². The van der Waals surface area contributed by atoms with E-state index in [9.17, 15) is 9.90 Å². The summed E-state index contributed by atoms with van der Waals surface area (Å²) in [5.41, 5.74) is -0.601. The minimum Gasteiger partial charge on any atom is -0.483 e. The van der Waals surface area contributed by atoms with Crippen molar-refractivity contribution in [3.05, 3.63) is 27.7 Å². The Bertz CT molecular complexity index is 506. The number of hydrogen-bond acceptors (Lipinski definition) is 4. The van der Waals surface area contributed by atoms with E-state index < -0.39 is 5.54 Å². The first-order chi connectivity index (χ1) is 10.0. The predicted molar refractivity (Wildman–Crippen MR) is 82.7 cm³/mol. The van der Waals surface area contributed by atoms with Crippen LogP contribution in [0.1, 0.15) is 12.8 Å². The van der Waals surface area contributed by atoms with Gasteiger partial charge in [-0.3, -0.25) is 4.79 Å². The minimum absolute atomic E-state index is 0.104. The zero-order valence-corrected chi connectivity index (χ0v) is 13.7. The quantitative estimate of drug-likeness (QED) is 0.824. The second-order valence-electron chi connectivity index (χ2n) is 4.96. The van der Waals surface area contributed by atoms with Crippen LogP contribution in [0.5, 0.6) is 5.75 Å². The van der Waals surface area contributed by atoms with E-state index in [0.717, 1.165) is 0 Å². The number of aliphatic hydroxyl groups is 1. The summed E-state index contributed by atoms with van der Waals surface area (Å²) in [7, 11) is 0. The van der Waals surface area contributed by atoms with Crippen LogP contribution in [0.2, 0.25) is 5.02 Å². The molecular formula is C14H17BrClNO4. The molecule has 0 atom stereocenters. The van der Waals surface area contributed by atoms with Crippen LogP contribution in [0.25, 0.3) is 0 Å². The van der Waals surface area contributed by atoms with E-state index in [-0.39, 0.29) is 19.1 Å². The molecule has 116 valence electrons. The summed E-state index contributed by atoms with van der Waals surface area (Å²) in [6.07, 6.45) is 1.19. The first-order valence-electron chi connectivity index (χ1n) is 6.62. The van der Waals surface area contributed by atoms with Crippen LogP contribution >= 0.6 is 27.5 Å². The molecule has 0 radical (unpaired) electrons. The molecule has 0 bridgehead atoms. The summed E-state index contributed by atoms with van der Waals surface area (Å²) in [5.74, 6) is 0.271. The monoisotopic (exact) mass is 377 g/mol. The zero-order chi connectivity index (χ0) is 15.3. The summed E-state index contributed by atoms with van der Waals surface area (Å²) in [4.78, 5) is 12.0. The van der Waals surface area contributed by atoms with Gasteiger partial charge >= 0.3 is 0 Å². The number of nitrogens with one attached hydrogen (secondary N) is 1. The van der Waals surface area contributed by atoms with Crippen LogP contribution in [-0.4, -0.2) is 43.0 Å². The Hall–Kier alpha value is -0.820. The molecule has 1 aromatic carbocycles. The van der Waals surface area contributed by atoms with E-state index >= 15 is 0 Å². The average Bonchev–Trinajstić information content (AvgIpc) is 2.47. The molecule has 0 unspecified atom stereocenters. The molecule has 7 heteroatoms. The normalized spacial score (nSPS) is 17.3. The lowest BCUT2D eigenvalue weighted by molar-refractivity contribution is -0.127. The molecule has 0 saturated carbocycles. The van der Waals surface area contributed by atoms with Crippen LogP contribution in [0.15, 0.2) is 22.7 Å². The third-order valence-electron chi connectivity index (χ3n) is 3.41. The number of halogens is 2. The number of carbonyl (C=O) groups is 1. The highest BCUT2D eigenvalue weighted by atomic mass is 79.9. The van der Waals surface area contributed by atoms with Gasteiger partial charge in [0.25, 0.3) is 5.91 Å². The van der Waals surface area contributed by atoms with Gasteiger partial charge in [-0.25, -0.2) is 0 Å². The summed E-state index contributed by atoms with van der Waals surface area (Å²) in [6, 6.07) is 5.08. The van der Waals surface area contributed by atoms with Gasteiger partial charge in [-0.1, -0.05) is 11.6 Å². The van der Waals surface area contributed by atoms with E-state index in [1.54, 1.807) is 18.2 Å².